The predicted molar refractivity (Wildman–Crippen MR) is 66.1 cm³/mol. The van der Waals surface area contributed by atoms with E-state index in [-0.39, 0.29) is 24.5 Å². The molecule has 0 N–H and O–H groups in total. The smallest absolute Gasteiger partial charge is 0.270 e. The first-order chi connectivity index (χ1) is 7.87. The van der Waals surface area contributed by atoms with Gasteiger partial charge in [-0.1, -0.05) is 26.2 Å². The van der Waals surface area contributed by atoms with E-state index in [4.69, 9.17) is 4.18 Å². The van der Waals surface area contributed by atoms with Gasteiger partial charge in [0, 0.05) is 0 Å². The van der Waals surface area contributed by atoms with Crippen LogP contribution in [-0.4, -0.2) is 40.2 Å². The van der Waals surface area contributed by atoms with E-state index in [0.29, 0.717) is 6.42 Å². The summed E-state index contributed by atoms with van der Waals surface area (Å²) in [5, 5.41) is -0.862. The summed E-state index contributed by atoms with van der Waals surface area (Å²) in [6, 6.07) is 0. The number of sulfone groups is 1. The van der Waals surface area contributed by atoms with Crippen LogP contribution in [0.15, 0.2) is 0 Å². The molecule has 102 valence electrons. The van der Waals surface area contributed by atoms with Gasteiger partial charge in [0.05, 0.1) is 18.1 Å². The Morgan fingerprint density at radius 3 is 2.47 bits per heavy atom. The molecule has 1 fully saturated rings. The van der Waals surface area contributed by atoms with Gasteiger partial charge >= 0.3 is 0 Å². The highest BCUT2D eigenvalue weighted by atomic mass is 32.2. The molecule has 0 spiro atoms. The molecule has 0 aromatic rings. The van der Waals surface area contributed by atoms with Crippen molar-refractivity contribution in [3.8, 4) is 0 Å². The van der Waals surface area contributed by atoms with Crippen molar-refractivity contribution < 1.29 is 21.0 Å². The molecule has 7 heteroatoms. The topological polar surface area (TPSA) is 77.5 Å². The zero-order valence-corrected chi connectivity index (χ0v) is 11.7. The first-order valence-corrected chi connectivity index (χ1v) is 9.25. The lowest BCUT2D eigenvalue weighted by Gasteiger charge is -2.09. The van der Waals surface area contributed by atoms with Crippen molar-refractivity contribution in [3.05, 3.63) is 0 Å². The quantitative estimate of drug-likeness (QED) is 0.517. The SMILES string of the molecule is CCCCCCOS(=O)(=O)[C@H]1CCS(=O)(=O)C1. The van der Waals surface area contributed by atoms with Crippen LogP contribution >= 0.6 is 0 Å². The summed E-state index contributed by atoms with van der Waals surface area (Å²) in [5.41, 5.74) is 0. The molecule has 0 unspecified atom stereocenters. The van der Waals surface area contributed by atoms with Crippen molar-refractivity contribution >= 4 is 20.0 Å². The molecule has 1 saturated heterocycles. The van der Waals surface area contributed by atoms with Crippen LogP contribution in [-0.2, 0) is 24.1 Å². The molecule has 1 aliphatic heterocycles. The van der Waals surface area contributed by atoms with Crippen LogP contribution in [0.1, 0.15) is 39.0 Å². The normalized spacial score (nSPS) is 23.9. The highest BCUT2D eigenvalue weighted by Crippen LogP contribution is 2.20. The zero-order valence-electron chi connectivity index (χ0n) is 10.1. The Kier molecular flexibility index (Phi) is 5.40. The Bertz CT molecular complexity index is 424. The molecule has 0 aromatic carbocycles. The number of rotatable bonds is 7. The van der Waals surface area contributed by atoms with Gasteiger partial charge in [0.2, 0.25) is 0 Å². The van der Waals surface area contributed by atoms with Crippen molar-refractivity contribution in [1.82, 2.24) is 0 Å². The minimum Gasteiger partial charge on any atom is -0.270 e. The third-order valence-electron chi connectivity index (χ3n) is 2.84. The first kappa shape index (κ1) is 14.9. The molecular formula is C10H20O5S2. The lowest BCUT2D eigenvalue weighted by Crippen LogP contribution is -2.25. The lowest BCUT2D eigenvalue weighted by atomic mass is 10.2. The lowest BCUT2D eigenvalue weighted by molar-refractivity contribution is 0.302. The molecule has 0 bridgehead atoms. The molecule has 1 atom stereocenters. The van der Waals surface area contributed by atoms with Crippen molar-refractivity contribution in [1.29, 1.82) is 0 Å². The third-order valence-corrected chi connectivity index (χ3v) is 6.54. The molecule has 17 heavy (non-hydrogen) atoms. The van der Waals surface area contributed by atoms with E-state index >= 15 is 0 Å². The van der Waals surface area contributed by atoms with Crippen LogP contribution in [0.25, 0.3) is 0 Å². The molecule has 0 aromatic heterocycles. The number of unbranched alkanes of at least 4 members (excludes halogenated alkanes) is 3. The monoisotopic (exact) mass is 284 g/mol. The minimum absolute atomic E-state index is 0.0455. The summed E-state index contributed by atoms with van der Waals surface area (Å²) < 4.78 is 50.6. The molecule has 1 heterocycles. The van der Waals surface area contributed by atoms with Gasteiger partial charge in [-0.3, -0.25) is 4.18 Å². The molecule has 1 aliphatic rings. The average Bonchev–Trinajstić information content (AvgIpc) is 2.59. The fourth-order valence-electron chi connectivity index (χ4n) is 1.79. The second kappa shape index (κ2) is 6.15. The Morgan fingerprint density at radius 1 is 1.24 bits per heavy atom. The highest BCUT2D eigenvalue weighted by Gasteiger charge is 2.37. The van der Waals surface area contributed by atoms with Gasteiger partial charge in [-0.15, -0.1) is 0 Å². The molecule has 0 amide bonds. The average molecular weight is 284 g/mol. The van der Waals surface area contributed by atoms with Gasteiger partial charge in [-0.2, -0.15) is 8.42 Å². The summed E-state index contributed by atoms with van der Waals surface area (Å²) in [7, 11) is -6.87. The summed E-state index contributed by atoms with van der Waals surface area (Å²) in [5.74, 6) is -0.333. The number of hydrogen-bond donors (Lipinski definition) is 0. The molecule has 5 nitrogen and oxygen atoms in total. The standard InChI is InChI=1S/C10H20O5S2/c1-2-3-4-5-7-15-17(13,14)10-6-8-16(11,12)9-10/h10H,2-9H2,1H3/t10-/m0/s1. The van der Waals surface area contributed by atoms with Crippen LogP contribution in [0.5, 0.6) is 0 Å². The van der Waals surface area contributed by atoms with Gasteiger partial charge < -0.3 is 0 Å². The fraction of sp³-hybridized carbons (Fsp3) is 1.00. The minimum atomic E-state index is -3.70. The summed E-state index contributed by atoms with van der Waals surface area (Å²) >= 11 is 0. The van der Waals surface area contributed by atoms with Crippen molar-refractivity contribution in [2.75, 3.05) is 18.1 Å². The molecule has 0 aliphatic carbocycles. The van der Waals surface area contributed by atoms with Gasteiger partial charge in [0.25, 0.3) is 10.1 Å². The van der Waals surface area contributed by atoms with Gasteiger partial charge in [0.15, 0.2) is 9.84 Å². The van der Waals surface area contributed by atoms with Gasteiger partial charge in [-0.05, 0) is 12.8 Å². The molecular weight excluding hydrogens is 264 g/mol. The molecule has 0 saturated carbocycles. The van der Waals surface area contributed by atoms with Crippen LogP contribution in [0.3, 0.4) is 0 Å². The first-order valence-electron chi connectivity index (χ1n) is 5.96. The van der Waals surface area contributed by atoms with Crippen LogP contribution in [0, 0.1) is 0 Å². The maximum Gasteiger partial charge on any atom is 0.271 e. The molecule has 1 rings (SSSR count). The van der Waals surface area contributed by atoms with Crippen LogP contribution in [0.2, 0.25) is 0 Å². The van der Waals surface area contributed by atoms with Gasteiger partial charge in [0.1, 0.15) is 5.25 Å². The Balaban J connectivity index is 2.37. The van der Waals surface area contributed by atoms with E-state index in [1.165, 1.54) is 0 Å². The fourth-order valence-corrected chi connectivity index (χ4v) is 5.72. The van der Waals surface area contributed by atoms with E-state index in [9.17, 15) is 16.8 Å². The zero-order chi connectivity index (χ0) is 12.9. The largest absolute Gasteiger partial charge is 0.271 e. The summed E-state index contributed by atoms with van der Waals surface area (Å²) in [6.45, 7) is 2.24. The maximum atomic E-state index is 11.7. The van der Waals surface area contributed by atoms with Crippen LogP contribution in [0.4, 0.5) is 0 Å². The summed E-state index contributed by atoms with van der Waals surface area (Å²) in [6.07, 6.45) is 3.94. The Hall–Kier alpha value is -0.140. The van der Waals surface area contributed by atoms with E-state index in [1.54, 1.807) is 0 Å². The molecule has 0 radical (unpaired) electrons. The van der Waals surface area contributed by atoms with Crippen molar-refractivity contribution in [3.63, 3.8) is 0 Å². The second-order valence-electron chi connectivity index (χ2n) is 4.40. The van der Waals surface area contributed by atoms with E-state index in [0.717, 1.165) is 19.3 Å². The highest BCUT2D eigenvalue weighted by molar-refractivity contribution is 7.94. The third kappa shape index (κ3) is 4.93. The Morgan fingerprint density at radius 2 is 1.94 bits per heavy atom. The van der Waals surface area contributed by atoms with E-state index < -0.39 is 25.2 Å². The van der Waals surface area contributed by atoms with Gasteiger partial charge in [-0.25, -0.2) is 8.42 Å². The van der Waals surface area contributed by atoms with E-state index in [1.807, 2.05) is 0 Å². The van der Waals surface area contributed by atoms with Crippen molar-refractivity contribution in [2.45, 2.75) is 44.3 Å². The number of hydrogen-bond acceptors (Lipinski definition) is 5. The van der Waals surface area contributed by atoms with Crippen molar-refractivity contribution in [2.24, 2.45) is 0 Å². The predicted octanol–water partition coefficient (Wildman–Crippen LogP) is 1.10. The van der Waals surface area contributed by atoms with E-state index in [2.05, 4.69) is 6.92 Å². The summed E-state index contributed by atoms with van der Waals surface area (Å²) in [4.78, 5) is 0. The second-order valence-corrected chi connectivity index (χ2v) is 8.52. The maximum absolute atomic E-state index is 11.7. The van der Waals surface area contributed by atoms with Crippen LogP contribution < -0.4 is 0 Å². The Labute approximate surface area is 104 Å².